The lowest BCUT2D eigenvalue weighted by Crippen LogP contribution is -2.59. The largest absolute Gasteiger partial charge is 0.317 e. The fourth-order valence-corrected chi connectivity index (χ4v) is 2.94. The molecule has 2 fully saturated rings. The zero-order valence-electron chi connectivity index (χ0n) is 8.19. The van der Waals surface area contributed by atoms with Crippen LogP contribution in [-0.2, 0) is 0 Å². The molecular formula is C10H20N2. The van der Waals surface area contributed by atoms with Gasteiger partial charge in [0.25, 0.3) is 0 Å². The van der Waals surface area contributed by atoms with Gasteiger partial charge >= 0.3 is 0 Å². The Labute approximate surface area is 75.1 Å². The molecule has 0 aromatic heterocycles. The van der Waals surface area contributed by atoms with Gasteiger partial charge in [-0.2, -0.15) is 0 Å². The minimum Gasteiger partial charge on any atom is -0.317 e. The molecule has 2 saturated carbocycles. The van der Waals surface area contributed by atoms with Gasteiger partial charge in [0, 0.05) is 12.1 Å². The fraction of sp³-hybridized carbons (Fsp3) is 1.00. The molecule has 2 heteroatoms. The van der Waals surface area contributed by atoms with Gasteiger partial charge in [-0.25, -0.2) is 0 Å². The molecule has 0 radical (unpaired) electrons. The Morgan fingerprint density at radius 1 is 1.17 bits per heavy atom. The van der Waals surface area contributed by atoms with Crippen molar-refractivity contribution in [3.8, 4) is 0 Å². The summed E-state index contributed by atoms with van der Waals surface area (Å²) in [6.45, 7) is 3.33. The number of rotatable bonds is 3. The first-order valence-electron chi connectivity index (χ1n) is 5.19. The first-order valence-corrected chi connectivity index (χ1v) is 5.19. The highest BCUT2D eigenvalue weighted by Crippen LogP contribution is 2.55. The van der Waals surface area contributed by atoms with Gasteiger partial charge in [0.05, 0.1) is 0 Å². The summed E-state index contributed by atoms with van der Waals surface area (Å²) in [5, 5.41) is 6.87. The average molecular weight is 168 g/mol. The van der Waals surface area contributed by atoms with Gasteiger partial charge in [-0.05, 0) is 44.7 Å². The first-order chi connectivity index (χ1) is 5.78. The Bertz CT molecular complexity index is 153. The van der Waals surface area contributed by atoms with Gasteiger partial charge in [0.2, 0.25) is 0 Å². The van der Waals surface area contributed by atoms with Crippen LogP contribution < -0.4 is 10.6 Å². The maximum absolute atomic E-state index is 3.52. The topological polar surface area (TPSA) is 24.1 Å². The SMILES string of the molecule is CCNC1CC2(CC(NC)C2)C1. The van der Waals surface area contributed by atoms with Crippen molar-refractivity contribution in [1.29, 1.82) is 0 Å². The number of hydrogen-bond acceptors (Lipinski definition) is 2. The number of nitrogens with one attached hydrogen (secondary N) is 2. The van der Waals surface area contributed by atoms with Crippen LogP contribution in [0.15, 0.2) is 0 Å². The molecule has 0 amide bonds. The Morgan fingerprint density at radius 3 is 2.25 bits per heavy atom. The van der Waals surface area contributed by atoms with E-state index < -0.39 is 0 Å². The summed E-state index contributed by atoms with van der Waals surface area (Å²) in [5.74, 6) is 0. The van der Waals surface area contributed by atoms with Crippen LogP contribution in [-0.4, -0.2) is 25.7 Å². The average Bonchev–Trinajstić information content (AvgIpc) is 1.91. The molecule has 2 nitrogen and oxygen atoms in total. The fourth-order valence-electron chi connectivity index (χ4n) is 2.94. The zero-order chi connectivity index (χ0) is 8.60. The van der Waals surface area contributed by atoms with Crippen LogP contribution in [0.5, 0.6) is 0 Å². The highest BCUT2D eigenvalue weighted by molar-refractivity contribution is 5.07. The third-order valence-corrected chi connectivity index (χ3v) is 3.62. The minimum atomic E-state index is 0.764. The van der Waals surface area contributed by atoms with E-state index in [2.05, 4.69) is 24.6 Å². The highest BCUT2D eigenvalue weighted by Gasteiger charge is 2.51. The smallest absolute Gasteiger partial charge is 0.00775 e. The summed E-state index contributed by atoms with van der Waals surface area (Å²) in [6.07, 6.45) is 5.70. The summed E-state index contributed by atoms with van der Waals surface area (Å²) in [7, 11) is 2.08. The lowest BCUT2D eigenvalue weighted by Gasteiger charge is -2.58. The van der Waals surface area contributed by atoms with Crippen LogP contribution in [0.3, 0.4) is 0 Å². The molecule has 0 heterocycles. The van der Waals surface area contributed by atoms with Gasteiger partial charge < -0.3 is 10.6 Å². The van der Waals surface area contributed by atoms with Crippen molar-refractivity contribution < 1.29 is 0 Å². The maximum Gasteiger partial charge on any atom is 0.00775 e. The highest BCUT2D eigenvalue weighted by atomic mass is 15.0. The second kappa shape index (κ2) is 3.00. The molecule has 12 heavy (non-hydrogen) atoms. The van der Waals surface area contributed by atoms with Crippen molar-refractivity contribution in [2.75, 3.05) is 13.6 Å². The molecule has 0 aromatic carbocycles. The zero-order valence-corrected chi connectivity index (χ0v) is 8.19. The maximum atomic E-state index is 3.52. The monoisotopic (exact) mass is 168 g/mol. The van der Waals surface area contributed by atoms with Crippen LogP contribution in [0, 0.1) is 5.41 Å². The number of hydrogen-bond donors (Lipinski definition) is 2. The standard InChI is InChI=1S/C10H20N2/c1-3-12-9-6-10(7-9)4-8(5-10)11-2/h8-9,11-12H,3-7H2,1-2H3. The van der Waals surface area contributed by atoms with E-state index in [0.29, 0.717) is 0 Å². The van der Waals surface area contributed by atoms with Crippen molar-refractivity contribution in [3.05, 3.63) is 0 Å². The van der Waals surface area contributed by atoms with Crippen LogP contribution in [0.4, 0.5) is 0 Å². The predicted molar refractivity (Wildman–Crippen MR) is 51.2 cm³/mol. The molecule has 0 aliphatic heterocycles. The van der Waals surface area contributed by atoms with E-state index in [1.165, 1.54) is 25.7 Å². The molecule has 70 valence electrons. The summed E-state index contributed by atoms with van der Waals surface area (Å²) >= 11 is 0. The molecular weight excluding hydrogens is 148 g/mol. The van der Waals surface area contributed by atoms with Gasteiger partial charge in [-0.3, -0.25) is 0 Å². The third kappa shape index (κ3) is 1.27. The van der Waals surface area contributed by atoms with E-state index >= 15 is 0 Å². The normalized spacial score (nSPS) is 45.5. The van der Waals surface area contributed by atoms with Crippen molar-refractivity contribution in [3.63, 3.8) is 0 Å². The van der Waals surface area contributed by atoms with Crippen molar-refractivity contribution in [1.82, 2.24) is 10.6 Å². The van der Waals surface area contributed by atoms with Gasteiger partial charge in [0.1, 0.15) is 0 Å². The van der Waals surface area contributed by atoms with Gasteiger partial charge in [0.15, 0.2) is 0 Å². The van der Waals surface area contributed by atoms with E-state index in [1.54, 1.807) is 0 Å². The second-order valence-corrected chi connectivity index (χ2v) is 4.56. The molecule has 1 spiro atoms. The molecule has 2 aliphatic rings. The molecule has 0 bridgehead atoms. The molecule has 0 aromatic rings. The first kappa shape index (κ1) is 8.52. The Balaban J connectivity index is 1.69. The molecule has 0 unspecified atom stereocenters. The van der Waals surface area contributed by atoms with Crippen LogP contribution >= 0.6 is 0 Å². The van der Waals surface area contributed by atoms with Crippen molar-refractivity contribution in [2.45, 2.75) is 44.7 Å². The Kier molecular flexibility index (Phi) is 2.13. The van der Waals surface area contributed by atoms with E-state index in [0.717, 1.165) is 24.0 Å². The quantitative estimate of drug-likeness (QED) is 0.660. The van der Waals surface area contributed by atoms with E-state index in [1.807, 2.05) is 0 Å². The van der Waals surface area contributed by atoms with Crippen LogP contribution in [0.1, 0.15) is 32.6 Å². The molecule has 2 N–H and O–H groups in total. The lowest BCUT2D eigenvalue weighted by atomic mass is 9.52. The molecule has 2 rings (SSSR count). The second-order valence-electron chi connectivity index (χ2n) is 4.56. The van der Waals surface area contributed by atoms with Gasteiger partial charge in [-0.15, -0.1) is 0 Å². The third-order valence-electron chi connectivity index (χ3n) is 3.62. The summed E-state index contributed by atoms with van der Waals surface area (Å²) < 4.78 is 0. The Hall–Kier alpha value is -0.0800. The summed E-state index contributed by atoms with van der Waals surface area (Å²) in [5.41, 5.74) is 0.764. The lowest BCUT2D eigenvalue weighted by molar-refractivity contribution is -0.0266. The van der Waals surface area contributed by atoms with E-state index in [-0.39, 0.29) is 0 Å². The van der Waals surface area contributed by atoms with Gasteiger partial charge in [-0.1, -0.05) is 6.92 Å². The van der Waals surface area contributed by atoms with Crippen molar-refractivity contribution >= 4 is 0 Å². The predicted octanol–water partition coefficient (Wildman–Crippen LogP) is 1.13. The molecule has 2 aliphatic carbocycles. The summed E-state index contributed by atoms with van der Waals surface area (Å²) in [6, 6.07) is 1.67. The van der Waals surface area contributed by atoms with Crippen LogP contribution in [0.25, 0.3) is 0 Å². The van der Waals surface area contributed by atoms with E-state index in [4.69, 9.17) is 0 Å². The molecule has 0 saturated heterocycles. The minimum absolute atomic E-state index is 0.764. The molecule has 0 atom stereocenters. The van der Waals surface area contributed by atoms with E-state index in [9.17, 15) is 0 Å². The van der Waals surface area contributed by atoms with Crippen LogP contribution in [0.2, 0.25) is 0 Å². The summed E-state index contributed by atoms with van der Waals surface area (Å²) in [4.78, 5) is 0. The van der Waals surface area contributed by atoms with Crippen molar-refractivity contribution in [2.24, 2.45) is 5.41 Å². The Morgan fingerprint density at radius 2 is 1.75 bits per heavy atom.